The van der Waals surface area contributed by atoms with Crippen LogP contribution in [0.2, 0.25) is 0 Å². The quantitative estimate of drug-likeness (QED) is 0.564. The summed E-state index contributed by atoms with van der Waals surface area (Å²) in [5.41, 5.74) is -0.412. The maximum absolute atomic E-state index is 11.7. The predicted molar refractivity (Wildman–Crippen MR) is 90.3 cm³/mol. The van der Waals surface area contributed by atoms with Gasteiger partial charge in [0.1, 0.15) is 6.54 Å². The van der Waals surface area contributed by atoms with Gasteiger partial charge in [-0.25, -0.2) is 9.78 Å². The van der Waals surface area contributed by atoms with Crippen LogP contribution in [0.3, 0.4) is 0 Å². The molecule has 0 bridgehead atoms. The summed E-state index contributed by atoms with van der Waals surface area (Å²) >= 11 is 0. The van der Waals surface area contributed by atoms with E-state index in [4.69, 9.17) is 4.74 Å². The van der Waals surface area contributed by atoms with Gasteiger partial charge in [-0.3, -0.25) is 9.36 Å². The second-order valence-corrected chi connectivity index (χ2v) is 5.61. The summed E-state index contributed by atoms with van der Waals surface area (Å²) in [5, 5.41) is 2.78. The Morgan fingerprint density at radius 2 is 1.91 bits per heavy atom. The lowest BCUT2D eigenvalue weighted by atomic mass is 10.1. The standard InChI is InChI=1S/C17H29N3O3/c1-2-3-4-5-6-7-13-23-14-9-11-18-16(21)15-20-12-8-10-19-17(20)22/h8,10,12H,2-7,9,11,13-15H2,1H3,(H,18,21). The fraction of sp³-hybridized carbons (Fsp3) is 0.706. The maximum atomic E-state index is 11.7. The Labute approximate surface area is 138 Å². The Kier molecular flexibility index (Phi) is 10.8. The molecule has 1 aromatic heterocycles. The maximum Gasteiger partial charge on any atom is 0.347 e. The minimum atomic E-state index is -0.412. The van der Waals surface area contributed by atoms with Crippen LogP contribution < -0.4 is 11.0 Å². The van der Waals surface area contributed by atoms with E-state index in [2.05, 4.69) is 17.2 Å². The number of amides is 1. The number of aromatic nitrogens is 2. The first kappa shape index (κ1) is 19.4. The Morgan fingerprint density at radius 1 is 1.17 bits per heavy atom. The monoisotopic (exact) mass is 323 g/mol. The largest absolute Gasteiger partial charge is 0.381 e. The van der Waals surface area contributed by atoms with Gasteiger partial charge in [-0.05, 0) is 18.9 Å². The van der Waals surface area contributed by atoms with Gasteiger partial charge in [0.2, 0.25) is 5.91 Å². The molecule has 23 heavy (non-hydrogen) atoms. The van der Waals surface area contributed by atoms with Gasteiger partial charge in [0.05, 0.1) is 0 Å². The molecule has 1 amide bonds. The number of carbonyl (C=O) groups is 1. The van der Waals surface area contributed by atoms with Gasteiger partial charge in [0.25, 0.3) is 0 Å². The summed E-state index contributed by atoms with van der Waals surface area (Å²) in [6.07, 6.45) is 11.3. The molecule has 0 aliphatic carbocycles. The molecule has 6 heteroatoms. The van der Waals surface area contributed by atoms with Crippen molar-refractivity contribution in [3.8, 4) is 0 Å². The first-order valence-electron chi connectivity index (χ1n) is 8.60. The third kappa shape index (κ3) is 9.84. The lowest BCUT2D eigenvalue weighted by molar-refractivity contribution is -0.121. The van der Waals surface area contributed by atoms with Crippen molar-refractivity contribution in [1.82, 2.24) is 14.9 Å². The van der Waals surface area contributed by atoms with Crippen molar-refractivity contribution >= 4 is 5.91 Å². The smallest absolute Gasteiger partial charge is 0.347 e. The summed E-state index contributed by atoms with van der Waals surface area (Å²) in [5.74, 6) is -0.184. The second-order valence-electron chi connectivity index (χ2n) is 5.61. The molecule has 130 valence electrons. The molecule has 0 aliphatic heterocycles. The molecule has 1 heterocycles. The van der Waals surface area contributed by atoms with Crippen molar-refractivity contribution in [3.05, 3.63) is 28.9 Å². The van der Waals surface area contributed by atoms with E-state index in [0.717, 1.165) is 19.4 Å². The van der Waals surface area contributed by atoms with Crippen molar-refractivity contribution in [1.29, 1.82) is 0 Å². The van der Waals surface area contributed by atoms with Crippen molar-refractivity contribution in [2.24, 2.45) is 0 Å². The van der Waals surface area contributed by atoms with Gasteiger partial charge < -0.3 is 10.1 Å². The van der Waals surface area contributed by atoms with Gasteiger partial charge >= 0.3 is 5.69 Å². The molecule has 0 spiro atoms. The lowest BCUT2D eigenvalue weighted by Gasteiger charge is -2.07. The zero-order valence-electron chi connectivity index (χ0n) is 14.1. The van der Waals surface area contributed by atoms with Crippen molar-refractivity contribution in [2.45, 2.75) is 58.4 Å². The molecule has 0 unspecified atom stereocenters. The van der Waals surface area contributed by atoms with Gasteiger partial charge in [-0.15, -0.1) is 0 Å². The summed E-state index contributed by atoms with van der Waals surface area (Å²) in [6.45, 7) is 4.24. The normalized spacial score (nSPS) is 10.7. The van der Waals surface area contributed by atoms with Crippen LogP contribution in [0.1, 0.15) is 51.9 Å². The number of nitrogens with zero attached hydrogens (tertiary/aromatic N) is 2. The summed E-state index contributed by atoms with van der Waals surface area (Å²) in [4.78, 5) is 26.7. The molecular formula is C17H29N3O3. The zero-order valence-corrected chi connectivity index (χ0v) is 14.1. The SMILES string of the molecule is CCCCCCCCOCCCNC(=O)Cn1cccnc1=O. The molecule has 0 fully saturated rings. The molecule has 0 aromatic carbocycles. The fourth-order valence-electron chi connectivity index (χ4n) is 2.21. The fourth-order valence-corrected chi connectivity index (χ4v) is 2.21. The molecule has 0 saturated heterocycles. The summed E-state index contributed by atoms with van der Waals surface area (Å²) < 4.78 is 6.83. The molecule has 1 aromatic rings. The molecule has 0 saturated carbocycles. The third-order valence-electron chi connectivity index (χ3n) is 3.53. The predicted octanol–water partition coefficient (Wildman–Crippen LogP) is 2.13. The Morgan fingerprint density at radius 3 is 2.70 bits per heavy atom. The van der Waals surface area contributed by atoms with Crippen LogP contribution >= 0.6 is 0 Å². The lowest BCUT2D eigenvalue weighted by Crippen LogP contribution is -2.33. The van der Waals surface area contributed by atoms with Crippen LogP contribution in [0, 0.1) is 0 Å². The highest BCUT2D eigenvalue weighted by atomic mass is 16.5. The van der Waals surface area contributed by atoms with Crippen molar-refractivity contribution in [3.63, 3.8) is 0 Å². The Bertz CT molecular complexity index is 488. The van der Waals surface area contributed by atoms with Gasteiger partial charge in [-0.2, -0.15) is 0 Å². The molecule has 6 nitrogen and oxygen atoms in total. The van der Waals surface area contributed by atoms with E-state index in [-0.39, 0.29) is 12.5 Å². The first-order chi connectivity index (χ1) is 11.2. The van der Waals surface area contributed by atoms with E-state index < -0.39 is 5.69 Å². The van der Waals surface area contributed by atoms with Crippen LogP contribution in [0.25, 0.3) is 0 Å². The van der Waals surface area contributed by atoms with E-state index >= 15 is 0 Å². The van der Waals surface area contributed by atoms with Crippen molar-refractivity contribution < 1.29 is 9.53 Å². The van der Waals surface area contributed by atoms with Gasteiger partial charge in [-0.1, -0.05) is 39.0 Å². The van der Waals surface area contributed by atoms with Gasteiger partial charge in [0, 0.05) is 32.2 Å². The number of carbonyl (C=O) groups excluding carboxylic acids is 1. The summed E-state index contributed by atoms with van der Waals surface area (Å²) in [6, 6.07) is 1.63. The van der Waals surface area contributed by atoms with Crippen molar-refractivity contribution in [2.75, 3.05) is 19.8 Å². The third-order valence-corrected chi connectivity index (χ3v) is 3.53. The Hall–Kier alpha value is -1.69. The number of nitrogens with one attached hydrogen (secondary N) is 1. The van der Waals surface area contributed by atoms with E-state index in [1.54, 1.807) is 12.3 Å². The highest BCUT2D eigenvalue weighted by Crippen LogP contribution is 2.04. The summed E-state index contributed by atoms with van der Waals surface area (Å²) in [7, 11) is 0. The molecular weight excluding hydrogens is 294 g/mol. The average molecular weight is 323 g/mol. The van der Waals surface area contributed by atoms with E-state index in [1.165, 1.54) is 42.9 Å². The van der Waals surface area contributed by atoms with Crippen LogP contribution in [0.4, 0.5) is 0 Å². The molecule has 1 rings (SSSR count). The van der Waals surface area contributed by atoms with Crippen LogP contribution in [0.5, 0.6) is 0 Å². The highest BCUT2D eigenvalue weighted by Gasteiger charge is 2.03. The average Bonchev–Trinajstić information content (AvgIpc) is 2.55. The zero-order chi connectivity index (χ0) is 16.8. The number of rotatable bonds is 13. The van der Waals surface area contributed by atoms with Crippen LogP contribution in [-0.4, -0.2) is 35.2 Å². The number of ether oxygens (including phenoxy) is 1. The number of hydrogen-bond donors (Lipinski definition) is 1. The van der Waals surface area contributed by atoms with Crippen LogP contribution in [0.15, 0.2) is 23.3 Å². The minimum Gasteiger partial charge on any atom is -0.381 e. The van der Waals surface area contributed by atoms with E-state index in [9.17, 15) is 9.59 Å². The topological polar surface area (TPSA) is 73.2 Å². The number of unbranched alkanes of at least 4 members (excludes halogenated alkanes) is 5. The van der Waals surface area contributed by atoms with Crippen LogP contribution in [-0.2, 0) is 16.1 Å². The molecule has 0 radical (unpaired) electrons. The Balaban J connectivity index is 1.94. The van der Waals surface area contributed by atoms with E-state index in [1.807, 2.05) is 0 Å². The molecule has 0 atom stereocenters. The number of hydrogen-bond acceptors (Lipinski definition) is 4. The minimum absolute atomic E-state index is 0.00525. The molecule has 1 N–H and O–H groups in total. The first-order valence-corrected chi connectivity index (χ1v) is 8.60. The van der Waals surface area contributed by atoms with E-state index in [0.29, 0.717) is 13.2 Å². The second kappa shape index (κ2) is 12.8. The molecule has 0 aliphatic rings. The highest BCUT2D eigenvalue weighted by molar-refractivity contribution is 5.75. The van der Waals surface area contributed by atoms with Gasteiger partial charge in [0.15, 0.2) is 0 Å².